The summed E-state index contributed by atoms with van der Waals surface area (Å²) in [6.07, 6.45) is 0. The van der Waals surface area contributed by atoms with Gasteiger partial charge < -0.3 is 5.32 Å². The quantitative estimate of drug-likeness (QED) is 0.869. The van der Waals surface area contributed by atoms with Crippen LogP contribution in [0, 0.1) is 0 Å². The van der Waals surface area contributed by atoms with Crippen molar-refractivity contribution in [3.63, 3.8) is 0 Å². The van der Waals surface area contributed by atoms with Crippen molar-refractivity contribution in [3.8, 4) is 0 Å². The van der Waals surface area contributed by atoms with Gasteiger partial charge in [-0.3, -0.25) is 4.79 Å². The van der Waals surface area contributed by atoms with Crippen LogP contribution < -0.4 is 5.32 Å². The first-order valence-corrected chi connectivity index (χ1v) is 4.63. The Kier molecular flexibility index (Phi) is 3.89. The molecule has 0 bridgehead atoms. The Morgan fingerprint density at radius 2 is 2.00 bits per heavy atom. The number of amides is 1. The molecule has 0 radical (unpaired) electrons. The highest BCUT2D eigenvalue weighted by Crippen LogP contribution is 2.10. The fourth-order valence-corrected chi connectivity index (χ4v) is 1.13. The zero-order valence-corrected chi connectivity index (χ0v) is 8.47. The molecule has 4 heteroatoms. The lowest BCUT2D eigenvalue weighted by Crippen LogP contribution is -2.25. The Morgan fingerprint density at radius 3 is 2.54 bits per heavy atom. The van der Waals surface area contributed by atoms with E-state index >= 15 is 0 Å². The van der Waals surface area contributed by atoms with Crippen molar-refractivity contribution in [2.24, 2.45) is 0 Å². The number of hydrogen-bond acceptors (Lipinski definition) is 1. The molecule has 0 fully saturated rings. The highest BCUT2D eigenvalue weighted by atomic mass is 79.9. The minimum atomic E-state index is -0.539. The van der Waals surface area contributed by atoms with Crippen LogP contribution in [0.2, 0.25) is 0 Å². The third-order valence-electron chi connectivity index (χ3n) is 1.49. The highest BCUT2D eigenvalue weighted by Gasteiger charge is 2.02. The van der Waals surface area contributed by atoms with E-state index in [1.807, 2.05) is 0 Å². The van der Waals surface area contributed by atoms with Crippen LogP contribution in [-0.4, -0.2) is 19.1 Å². The van der Waals surface area contributed by atoms with Crippen LogP contribution >= 0.6 is 15.9 Å². The van der Waals surface area contributed by atoms with E-state index in [0.29, 0.717) is 5.56 Å². The molecule has 0 aliphatic carbocycles. The van der Waals surface area contributed by atoms with E-state index in [-0.39, 0.29) is 12.5 Å². The lowest BCUT2D eigenvalue weighted by molar-refractivity contribution is 0.0951. The number of carbonyl (C=O) groups is 1. The van der Waals surface area contributed by atoms with Gasteiger partial charge in [0.1, 0.15) is 6.67 Å². The van der Waals surface area contributed by atoms with Gasteiger partial charge in [0.05, 0.1) is 0 Å². The van der Waals surface area contributed by atoms with Gasteiger partial charge in [-0.25, -0.2) is 4.39 Å². The molecule has 0 unspecified atom stereocenters. The van der Waals surface area contributed by atoms with Crippen LogP contribution in [0.25, 0.3) is 0 Å². The Bertz CT molecular complexity index is 286. The van der Waals surface area contributed by atoms with Gasteiger partial charge in [0, 0.05) is 16.6 Å². The van der Waals surface area contributed by atoms with E-state index in [9.17, 15) is 9.18 Å². The van der Waals surface area contributed by atoms with Gasteiger partial charge in [-0.2, -0.15) is 0 Å². The van der Waals surface area contributed by atoms with E-state index in [4.69, 9.17) is 0 Å². The second kappa shape index (κ2) is 4.97. The summed E-state index contributed by atoms with van der Waals surface area (Å²) in [5.41, 5.74) is 0.539. The molecule has 1 N–H and O–H groups in total. The summed E-state index contributed by atoms with van der Waals surface area (Å²) in [5, 5.41) is 2.44. The van der Waals surface area contributed by atoms with Crippen molar-refractivity contribution in [1.82, 2.24) is 5.32 Å². The highest BCUT2D eigenvalue weighted by molar-refractivity contribution is 9.10. The molecule has 70 valence electrons. The number of nitrogens with one attached hydrogen (secondary N) is 1. The number of carbonyl (C=O) groups excluding carboxylic acids is 1. The smallest absolute Gasteiger partial charge is 0.251 e. The average molecular weight is 246 g/mol. The topological polar surface area (TPSA) is 29.1 Å². The maximum absolute atomic E-state index is 11.7. The van der Waals surface area contributed by atoms with Crippen LogP contribution in [0.1, 0.15) is 10.4 Å². The van der Waals surface area contributed by atoms with E-state index in [1.165, 1.54) is 0 Å². The summed E-state index contributed by atoms with van der Waals surface area (Å²) in [6, 6.07) is 6.89. The average Bonchev–Trinajstić information content (AvgIpc) is 2.15. The minimum Gasteiger partial charge on any atom is -0.349 e. The molecule has 0 heterocycles. The van der Waals surface area contributed by atoms with Gasteiger partial charge in [-0.1, -0.05) is 15.9 Å². The van der Waals surface area contributed by atoms with Crippen molar-refractivity contribution in [1.29, 1.82) is 0 Å². The van der Waals surface area contributed by atoms with Gasteiger partial charge in [0.25, 0.3) is 5.91 Å². The maximum atomic E-state index is 11.7. The van der Waals surface area contributed by atoms with Crippen molar-refractivity contribution < 1.29 is 9.18 Å². The van der Waals surface area contributed by atoms with Crippen molar-refractivity contribution in [2.45, 2.75) is 0 Å². The summed E-state index contributed by atoms with van der Waals surface area (Å²) in [7, 11) is 0. The van der Waals surface area contributed by atoms with E-state index in [0.717, 1.165) is 4.47 Å². The summed E-state index contributed by atoms with van der Waals surface area (Å²) in [6.45, 7) is -0.475. The molecular weight excluding hydrogens is 237 g/mol. The van der Waals surface area contributed by atoms with Gasteiger partial charge in [0.15, 0.2) is 0 Å². The van der Waals surface area contributed by atoms with Gasteiger partial charge in [0.2, 0.25) is 0 Å². The molecule has 0 spiro atoms. The predicted octanol–water partition coefficient (Wildman–Crippen LogP) is 2.15. The second-order valence-electron chi connectivity index (χ2n) is 2.45. The van der Waals surface area contributed by atoms with Crippen molar-refractivity contribution in [2.75, 3.05) is 13.2 Å². The molecule has 2 nitrogen and oxygen atoms in total. The molecule has 1 amide bonds. The lowest BCUT2D eigenvalue weighted by atomic mass is 10.2. The molecule has 0 aliphatic rings. The van der Waals surface area contributed by atoms with Crippen LogP contribution in [0.15, 0.2) is 28.7 Å². The Hall–Kier alpha value is -0.900. The molecular formula is C9H9BrFNO. The Morgan fingerprint density at radius 1 is 1.38 bits per heavy atom. The fraction of sp³-hybridized carbons (Fsp3) is 0.222. The number of rotatable bonds is 3. The molecule has 1 rings (SSSR count). The lowest BCUT2D eigenvalue weighted by Gasteiger charge is -2.01. The number of halogens is 2. The molecule has 0 atom stereocenters. The monoisotopic (exact) mass is 245 g/mol. The SMILES string of the molecule is O=C(NCCF)c1ccc(Br)cc1. The molecule has 0 saturated carbocycles. The largest absolute Gasteiger partial charge is 0.349 e. The third-order valence-corrected chi connectivity index (χ3v) is 2.02. The van der Waals surface area contributed by atoms with Gasteiger partial charge in [-0.15, -0.1) is 0 Å². The second-order valence-corrected chi connectivity index (χ2v) is 3.37. The van der Waals surface area contributed by atoms with Crippen LogP contribution in [-0.2, 0) is 0 Å². The normalized spacial score (nSPS) is 9.69. The molecule has 0 aliphatic heterocycles. The van der Waals surface area contributed by atoms with Gasteiger partial charge >= 0.3 is 0 Å². The molecule has 1 aromatic rings. The van der Waals surface area contributed by atoms with Gasteiger partial charge in [-0.05, 0) is 24.3 Å². The summed E-state index contributed by atoms with van der Waals surface area (Å²) < 4.78 is 12.6. The Labute approximate surface area is 84.3 Å². The van der Waals surface area contributed by atoms with Crippen molar-refractivity contribution >= 4 is 21.8 Å². The molecule has 0 aromatic heterocycles. The summed E-state index contributed by atoms with van der Waals surface area (Å²) in [4.78, 5) is 11.2. The Balaban J connectivity index is 2.61. The maximum Gasteiger partial charge on any atom is 0.251 e. The van der Waals surface area contributed by atoms with Crippen LogP contribution in [0.5, 0.6) is 0 Å². The van der Waals surface area contributed by atoms with E-state index in [2.05, 4.69) is 21.2 Å². The number of alkyl halides is 1. The fourth-order valence-electron chi connectivity index (χ4n) is 0.864. The zero-order valence-electron chi connectivity index (χ0n) is 6.89. The first-order valence-electron chi connectivity index (χ1n) is 3.84. The molecule has 1 aromatic carbocycles. The van der Waals surface area contributed by atoms with E-state index in [1.54, 1.807) is 24.3 Å². The van der Waals surface area contributed by atoms with Crippen LogP contribution in [0.3, 0.4) is 0 Å². The predicted molar refractivity (Wildman–Crippen MR) is 52.5 cm³/mol. The standard InChI is InChI=1S/C9H9BrFNO/c10-8-3-1-7(2-4-8)9(13)12-6-5-11/h1-4H,5-6H2,(H,12,13). The summed E-state index contributed by atoms with van der Waals surface area (Å²) >= 11 is 3.26. The van der Waals surface area contributed by atoms with E-state index < -0.39 is 6.67 Å². The minimum absolute atomic E-state index is 0.0644. The first kappa shape index (κ1) is 10.2. The zero-order chi connectivity index (χ0) is 9.68. The van der Waals surface area contributed by atoms with Crippen LogP contribution in [0.4, 0.5) is 4.39 Å². The first-order chi connectivity index (χ1) is 6.24. The molecule has 13 heavy (non-hydrogen) atoms. The number of benzene rings is 1. The number of hydrogen-bond donors (Lipinski definition) is 1. The molecule has 0 saturated heterocycles. The van der Waals surface area contributed by atoms with Crippen molar-refractivity contribution in [3.05, 3.63) is 34.3 Å². The third kappa shape index (κ3) is 3.14. The summed E-state index contributed by atoms with van der Waals surface area (Å²) in [5.74, 6) is -0.245.